The first-order valence-corrected chi connectivity index (χ1v) is 5.91. The number of rotatable bonds is 2. The van der Waals surface area contributed by atoms with Gasteiger partial charge < -0.3 is 5.73 Å². The van der Waals surface area contributed by atoms with Crippen molar-refractivity contribution in [1.29, 1.82) is 0 Å². The molecule has 0 unspecified atom stereocenters. The summed E-state index contributed by atoms with van der Waals surface area (Å²) in [4.78, 5) is 0. The van der Waals surface area contributed by atoms with Crippen LogP contribution in [0.3, 0.4) is 0 Å². The third-order valence-corrected chi connectivity index (χ3v) is 2.91. The van der Waals surface area contributed by atoms with Crippen molar-refractivity contribution >= 4 is 5.82 Å². The van der Waals surface area contributed by atoms with E-state index < -0.39 is 0 Å². The molecule has 2 rings (SSSR count). The van der Waals surface area contributed by atoms with Crippen LogP contribution in [-0.4, -0.2) is 9.78 Å². The highest BCUT2D eigenvalue weighted by Crippen LogP contribution is 2.24. The Hall–Kier alpha value is -1.77. The van der Waals surface area contributed by atoms with Crippen molar-refractivity contribution in [3.63, 3.8) is 0 Å². The Labute approximate surface area is 102 Å². The molecular weight excluding hydrogens is 210 g/mol. The standard InChI is InChI=1S/C14H19N3/c1-9(2)13-8-16-17(14(13)15)12-6-10(3)5-11(4)7-12/h5-9H,15H2,1-4H3. The number of anilines is 1. The van der Waals surface area contributed by atoms with Crippen molar-refractivity contribution in [2.45, 2.75) is 33.6 Å². The summed E-state index contributed by atoms with van der Waals surface area (Å²) in [6.45, 7) is 8.41. The summed E-state index contributed by atoms with van der Waals surface area (Å²) in [5, 5.41) is 4.38. The summed E-state index contributed by atoms with van der Waals surface area (Å²) in [5.41, 5.74) is 10.7. The van der Waals surface area contributed by atoms with Gasteiger partial charge in [0.25, 0.3) is 0 Å². The maximum Gasteiger partial charge on any atom is 0.130 e. The fraction of sp³-hybridized carbons (Fsp3) is 0.357. The van der Waals surface area contributed by atoms with Crippen LogP contribution >= 0.6 is 0 Å². The maximum atomic E-state index is 6.14. The maximum absolute atomic E-state index is 6.14. The minimum Gasteiger partial charge on any atom is -0.383 e. The molecular formula is C14H19N3. The topological polar surface area (TPSA) is 43.8 Å². The van der Waals surface area contributed by atoms with Crippen molar-refractivity contribution in [2.75, 3.05) is 5.73 Å². The predicted octanol–water partition coefficient (Wildman–Crippen LogP) is 3.19. The molecule has 0 radical (unpaired) electrons. The number of hydrogen-bond acceptors (Lipinski definition) is 2. The average molecular weight is 229 g/mol. The molecule has 0 fully saturated rings. The summed E-state index contributed by atoms with van der Waals surface area (Å²) < 4.78 is 1.81. The number of benzene rings is 1. The van der Waals surface area contributed by atoms with E-state index in [1.165, 1.54) is 11.1 Å². The molecule has 3 heteroatoms. The van der Waals surface area contributed by atoms with Gasteiger partial charge in [0.1, 0.15) is 5.82 Å². The third-order valence-electron chi connectivity index (χ3n) is 2.91. The zero-order valence-electron chi connectivity index (χ0n) is 10.9. The highest BCUT2D eigenvalue weighted by molar-refractivity contribution is 5.50. The Kier molecular flexibility index (Phi) is 2.92. The molecule has 2 N–H and O–H groups in total. The van der Waals surface area contributed by atoms with E-state index in [4.69, 9.17) is 5.73 Å². The fourth-order valence-corrected chi connectivity index (χ4v) is 2.09. The van der Waals surface area contributed by atoms with E-state index in [1.54, 1.807) is 0 Å². The zero-order valence-corrected chi connectivity index (χ0v) is 10.9. The second kappa shape index (κ2) is 4.24. The second-order valence-corrected chi connectivity index (χ2v) is 4.90. The van der Waals surface area contributed by atoms with Crippen molar-refractivity contribution in [3.05, 3.63) is 41.1 Å². The largest absolute Gasteiger partial charge is 0.383 e. The molecule has 1 heterocycles. The number of hydrogen-bond donors (Lipinski definition) is 1. The molecule has 3 nitrogen and oxygen atoms in total. The smallest absolute Gasteiger partial charge is 0.130 e. The number of nitrogens with two attached hydrogens (primary N) is 1. The van der Waals surface area contributed by atoms with Crippen molar-refractivity contribution in [2.24, 2.45) is 0 Å². The summed E-state index contributed by atoms with van der Waals surface area (Å²) in [7, 11) is 0. The first kappa shape index (κ1) is 11.7. The van der Waals surface area contributed by atoms with Gasteiger partial charge in [-0.1, -0.05) is 19.9 Å². The lowest BCUT2D eigenvalue weighted by molar-refractivity contribution is 0.867. The fourth-order valence-electron chi connectivity index (χ4n) is 2.09. The first-order valence-electron chi connectivity index (χ1n) is 5.91. The van der Waals surface area contributed by atoms with Gasteiger partial charge in [0.05, 0.1) is 11.9 Å². The molecule has 0 saturated carbocycles. The van der Waals surface area contributed by atoms with Gasteiger partial charge >= 0.3 is 0 Å². The van der Waals surface area contributed by atoms with Crippen LogP contribution in [0.4, 0.5) is 5.82 Å². The molecule has 1 aromatic heterocycles. The Morgan fingerprint density at radius 3 is 2.18 bits per heavy atom. The monoisotopic (exact) mass is 229 g/mol. The SMILES string of the molecule is Cc1cc(C)cc(-n2ncc(C(C)C)c2N)c1. The molecule has 0 aliphatic rings. The normalized spacial score (nSPS) is 11.1. The van der Waals surface area contributed by atoms with Crippen LogP contribution < -0.4 is 5.73 Å². The van der Waals surface area contributed by atoms with Crippen molar-refractivity contribution in [3.8, 4) is 5.69 Å². The van der Waals surface area contributed by atoms with Crippen LogP contribution in [0.5, 0.6) is 0 Å². The van der Waals surface area contributed by atoms with E-state index in [0.29, 0.717) is 5.92 Å². The number of nitrogens with zero attached hydrogens (tertiary/aromatic N) is 2. The zero-order chi connectivity index (χ0) is 12.6. The van der Waals surface area contributed by atoms with Crippen LogP contribution in [0.15, 0.2) is 24.4 Å². The van der Waals surface area contributed by atoms with Gasteiger partial charge in [0.15, 0.2) is 0 Å². The number of aryl methyl sites for hydroxylation is 2. The molecule has 2 aromatic rings. The molecule has 1 aromatic carbocycles. The predicted molar refractivity (Wildman–Crippen MR) is 71.5 cm³/mol. The summed E-state index contributed by atoms with van der Waals surface area (Å²) in [6, 6.07) is 6.34. The van der Waals surface area contributed by atoms with Crippen LogP contribution in [0, 0.1) is 13.8 Å². The highest BCUT2D eigenvalue weighted by atomic mass is 15.3. The Morgan fingerprint density at radius 1 is 1.12 bits per heavy atom. The van der Waals surface area contributed by atoms with E-state index in [2.05, 4.69) is 51.0 Å². The van der Waals surface area contributed by atoms with E-state index >= 15 is 0 Å². The van der Waals surface area contributed by atoms with Gasteiger partial charge in [-0.25, -0.2) is 4.68 Å². The van der Waals surface area contributed by atoms with Crippen molar-refractivity contribution < 1.29 is 0 Å². The van der Waals surface area contributed by atoms with Gasteiger partial charge in [-0.05, 0) is 43.0 Å². The molecule has 0 saturated heterocycles. The van der Waals surface area contributed by atoms with Crippen molar-refractivity contribution in [1.82, 2.24) is 9.78 Å². The summed E-state index contributed by atoms with van der Waals surface area (Å²) in [5.74, 6) is 1.14. The summed E-state index contributed by atoms with van der Waals surface area (Å²) in [6.07, 6.45) is 1.86. The van der Waals surface area contributed by atoms with E-state index in [-0.39, 0.29) is 0 Å². The third kappa shape index (κ3) is 2.18. The van der Waals surface area contributed by atoms with Gasteiger partial charge in [-0.3, -0.25) is 0 Å². The lowest BCUT2D eigenvalue weighted by Crippen LogP contribution is -2.04. The van der Waals surface area contributed by atoms with Gasteiger partial charge in [-0.15, -0.1) is 0 Å². The second-order valence-electron chi connectivity index (χ2n) is 4.90. The van der Waals surface area contributed by atoms with Gasteiger partial charge in [-0.2, -0.15) is 5.10 Å². The molecule has 17 heavy (non-hydrogen) atoms. The Bertz CT molecular complexity index is 518. The van der Waals surface area contributed by atoms with Crippen LogP contribution in [-0.2, 0) is 0 Å². The van der Waals surface area contributed by atoms with Crippen LogP contribution in [0.1, 0.15) is 36.5 Å². The molecule has 90 valence electrons. The number of aromatic nitrogens is 2. The Balaban J connectivity index is 2.53. The quantitative estimate of drug-likeness (QED) is 0.859. The van der Waals surface area contributed by atoms with E-state index in [9.17, 15) is 0 Å². The lowest BCUT2D eigenvalue weighted by atomic mass is 10.1. The average Bonchev–Trinajstić information content (AvgIpc) is 2.58. The lowest BCUT2D eigenvalue weighted by Gasteiger charge is -2.08. The molecule has 0 atom stereocenters. The summed E-state index contributed by atoms with van der Waals surface area (Å²) >= 11 is 0. The van der Waals surface area contributed by atoms with Gasteiger partial charge in [0.2, 0.25) is 0 Å². The molecule has 0 amide bonds. The first-order chi connectivity index (χ1) is 7.99. The minimum atomic E-state index is 0.398. The van der Waals surface area contributed by atoms with Crippen LogP contribution in [0.25, 0.3) is 5.69 Å². The van der Waals surface area contributed by atoms with E-state index in [1.807, 2.05) is 10.9 Å². The molecule has 0 aliphatic heterocycles. The number of nitrogen functional groups attached to an aromatic ring is 1. The van der Waals surface area contributed by atoms with Crippen LogP contribution in [0.2, 0.25) is 0 Å². The van der Waals surface area contributed by atoms with Gasteiger partial charge in [0, 0.05) is 5.56 Å². The Morgan fingerprint density at radius 2 is 1.71 bits per heavy atom. The molecule has 0 bridgehead atoms. The highest BCUT2D eigenvalue weighted by Gasteiger charge is 2.12. The molecule has 0 aliphatic carbocycles. The van der Waals surface area contributed by atoms with E-state index in [0.717, 1.165) is 17.1 Å². The molecule has 0 spiro atoms. The minimum absolute atomic E-state index is 0.398.